The highest BCUT2D eigenvalue weighted by Gasteiger charge is 2.18. The van der Waals surface area contributed by atoms with Crippen molar-refractivity contribution >= 4 is 17.7 Å². The molecule has 4 N–H and O–H groups in total. The van der Waals surface area contributed by atoms with Gasteiger partial charge in [-0.1, -0.05) is 12.1 Å². The molecule has 0 fully saturated rings. The average Bonchev–Trinajstić information content (AvgIpc) is 2.75. The molecule has 1 aromatic heterocycles. The van der Waals surface area contributed by atoms with Crippen LogP contribution in [0.2, 0.25) is 0 Å². The van der Waals surface area contributed by atoms with Crippen molar-refractivity contribution in [2.24, 2.45) is 0 Å². The van der Waals surface area contributed by atoms with Crippen LogP contribution in [0, 0.1) is 11.3 Å². The summed E-state index contributed by atoms with van der Waals surface area (Å²) in [6.45, 7) is 0.216. The van der Waals surface area contributed by atoms with Gasteiger partial charge in [0.05, 0.1) is 12.7 Å². The SMILES string of the molecule is COC(=O)COc1ccc(CCCNC(=O)C(O)c2cnc(N)c(C#N)c2)cc1. The molecule has 0 aliphatic heterocycles. The Balaban J connectivity index is 1.76. The number of benzene rings is 1. The Morgan fingerprint density at radius 1 is 1.34 bits per heavy atom. The third kappa shape index (κ3) is 6.48. The maximum atomic E-state index is 12.1. The van der Waals surface area contributed by atoms with Gasteiger partial charge in [0.15, 0.2) is 12.7 Å². The molecule has 2 aromatic rings. The van der Waals surface area contributed by atoms with Gasteiger partial charge in [-0.3, -0.25) is 4.79 Å². The van der Waals surface area contributed by atoms with Crippen LogP contribution in [0.5, 0.6) is 5.75 Å². The Labute approximate surface area is 168 Å². The van der Waals surface area contributed by atoms with Gasteiger partial charge in [-0.2, -0.15) is 5.26 Å². The van der Waals surface area contributed by atoms with Gasteiger partial charge in [0, 0.05) is 18.3 Å². The van der Waals surface area contributed by atoms with Gasteiger partial charge in [0.25, 0.3) is 5.91 Å². The van der Waals surface area contributed by atoms with Crippen LogP contribution in [0.1, 0.15) is 29.2 Å². The summed E-state index contributed by atoms with van der Waals surface area (Å²) >= 11 is 0. The first-order chi connectivity index (χ1) is 13.9. The number of esters is 1. The number of nitriles is 1. The van der Waals surface area contributed by atoms with Gasteiger partial charge in [-0.25, -0.2) is 9.78 Å². The van der Waals surface area contributed by atoms with E-state index < -0.39 is 18.0 Å². The largest absolute Gasteiger partial charge is 0.482 e. The molecule has 0 bridgehead atoms. The van der Waals surface area contributed by atoms with E-state index in [0.717, 1.165) is 5.56 Å². The third-order valence-corrected chi connectivity index (χ3v) is 4.07. The fourth-order valence-electron chi connectivity index (χ4n) is 2.44. The van der Waals surface area contributed by atoms with Crippen LogP contribution in [-0.4, -0.2) is 42.2 Å². The van der Waals surface area contributed by atoms with Gasteiger partial charge in [-0.15, -0.1) is 0 Å². The smallest absolute Gasteiger partial charge is 0.343 e. The Morgan fingerprint density at radius 2 is 2.07 bits per heavy atom. The molecule has 0 radical (unpaired) electrons. The molecule has 1 atom stereocenters. The van der Waals surface area contributed by atoms with Crippen molar-refractivity contribution in [3.05, 3.63) is 53.2 Å². The maximum absolute atomic E-state index is 12.1. The van der Waals surface area contributed by atoms with Crippen LogP contribution in [0.15, 0.2) is 36.5 Å². The number of nitrogen functional groups attached to an aromatic ring is 1. The number of hydrogen-bond donors (Lipinski definition) is 3. The number of aliphatic hydroxyl groups excluding tert-OH is 1. The van der Waals surface area contributed by atoms with E-state index in [0.29, 0.717) is 25.1 Å². The van der Waals surface area contributed by atoms with Crippen LogP contribution in [0.25, 0.3) is 0 Å². The van der Waals surface area contributed by atoms with Crippen molar-refractivity contribution in [1.29, 1.82) is 5.26 Å². The van der Waals surface area contributed by atoms with E-state index in [1.165, 1.54) is 19.4 Å². The van der Waals surface area contributed by atoms with E-state index in [2.05, 4.69) is 15.0 Å². The molecular formula is C20H22N4O5. The molecule has 9 heteroatoms. The highest BCUT2D eigenvalue weighted by atomic mass is 16.6. The second-order valence-corrected chi connectivity index (χ2v) is 6.12. The Hall–Kier alpha value is -3.64. The van der Waals surface area contributed by atoms with Gasteiger partial charge in [0.2, 0.25) is 0 Å². The normalized spacial score (nSPS) is 11.2. The summed E-state index contributed by atoms with van der Waals surface area (Å²) in [5, 5.41) is 21.7. The van der Waals surface area contributed by atoms with Gasteiger partial charge in [-0.05, 0) is 36.6 Å². The monoisotopic (exact) mass is 398 g/mol. The summed E-state index contributed by atoms with van der Waals surface area (Å²) in [7, 11) is 1.29. The molecule has 29 heavy (non-hydrogen) atoms. The first kappa shape index (κ1) is 21.7. The van der Waals surface area contributed by atoms with Crippen molar-refractivity contribution in [2.45, 2.75) is 18.9 Å². The predicted molar refractivity (Wildman–Crippen MR) is 104 cm³/mol. The van der Waals surface area contributed by atoms with Gasteiger partial charge < -0.3 is 25.6 Å². The molecule has 1 aromatic carbocycles. The summed E-state index contributed by atoms with van der Waals surface area (Å²) in [4.78, 5) is 26.9. The zero-order valence-electron chi connectivity index (χ0n) is 15.9. The van der Waals surface area contributed by atoms with Gasteiger partial charge in [0.1, 0.15) is 17.6 Å². The number of amides is 1. The summed E-state index contributed by atoms with van der Waals surface area (Å²) in [5.74, 6) is -0.424. The first-order valence-corrected chi connectivity index (χ1v) is 8.84. The van der Waals surface area contributed by atoms with E-state index >= 15 is 0 Å². The fraction of sp³-hybridized carbons (Fsp3) is 0.300. The number of nitrogens with one attached hydrogen (secondary N) is 1. The molecular weight excluding hydrogens is 376 g/mol. The Morgan fingerprint density at radius 3 is 2.72 bits per heavy atom. The van der Waals surface area contributed by atoms with Crippen molar-refractivity contribution in [1.82, 2.24) is 10.3 Å². The summed E-state index contributed by atoms with van der Waals surface area (Å²) in [6.07, 6.45) is 1.20. The first-order valence-electron chi connectivity index (χ1n) is 8.84. The van der Waals surface area contributed by atoms with E-state index in [1.807, 2.05) is 18.2 Å². The van der Waals surface area contributed by atoms with Crippen LogP contribution in [0.3, 0.4) is 0 Å². The highest BCUT2D eigenvalue weighted by molar-refractivity contribution is 5.82. The predicted octanol–water partition coefficient (Wildman–Crippen LogP) is 0.870. The molecule has 0 saturated heterocycles. The number of anilines is 1. The average molecular weight is 398 g/mol. The minimum Gasteiger partial charge on any atom is -0.482 e. The van der Waals surface area contributed by atoms with E-state index in [9.17, 15) is 14.7 Å². The van der Waals surface area contributed by atoms with Crippen LogP contribution < -0.4 is 15.8 Å². The molecule has 1 amide bonds. The zero-order chi connectivity index (χ0) is 21.2. The summed E-state index contributed by atoms with van der Waals surface area (Å²) in [6, 6.07) is 10.4. The van der Waals surface area contributed by atoms with Crippen molar-refractivity contribution < 1.29 is 24.2 Å². The highest BCUT2D eigenvalue weighted by Crippen LogP contribution is 2.17. The number of aliphatic hydroxyl groups is 1. The van der Waals surface area contributed by atoms with Crippen LogP contribution in [0.4, 0.5) is 5.82 Å². The van der Waals surface area contributed by atoms with Crippen molar-refractivity contribution in [3.63, 3.8) is 0 Å². The molecule has 0 saturated carbocycles. The number of nitrogens with two attached hydrogens (primary N) is 1. The number of carbonyl (C=O) groups is 2. The number of pyridine rings is 1. The summed E-state index contributed by atoms with van der Waals surface area (Å²) in [5.41, 5.74) is 6.87. The van der Waals surface area contributed by atoms with Crippen LogP contribution >= 0.6 is 0 Å². The lowest BCUT2D eigenvalue weighted by molar-refractivity contribution is -0.142. The lowest BCUT2D eigenvalue weighted by Gasteiger charge is -2.12. The Kier molecular flexibility index (Phi) is 7.94. The number of rotatable bonds is 9. The number of nitrogens with zero attached hydrogens (tertiary/aromatic N) is 2. The molecule has 0 spiro atoms. The standard InChI is InChI=1S/C20H22N4O5/c1-28-17(25)12-29-16-6-4-13(5-7-16)3-2-8-23-20(27)18(26)15-9-14(10-21)19(22)24-11-15/h4-7,9,11,18,26H,2-3,8,12H2,1H3,(H2,22,24)(H,23,27). The van der Waals surface area contributed by atoms with Crippen molar-refractivity contribution in [2.75, 3.05) is 26.0 Å². The molecule has 9 nitrogen and oxygen atoms in total. The molecule has 0 aliphatic carbocycles. The lowest BCUT2D eigenvalue weighted by Crippen LogP contribution is -2.30. The second kappa shape index (κ2) is 10.6. The Bertz CT molecular complexity index is 893. The number of ether oxygens (including phenoxy) is 2. The van der Waals surface area contributed by atoms with Crippen LogP contribution in [-0.2, 0) is 20.7 Å². The van der Waals surface area contributed by atoms with Gasteiger partial charge >= 0.3 is 5.97 Å². The molecule has 1 unspecified atom stereocenters. The number of hydrogen-bond acceptors (Lipinski definition) is 8. The topological polar surface area (TPSA) is 148 Å². The minimum absolute atomic E-state index is 0.0468. The maximum Gasteiger partial charge on any atom is 0.343 e. The quantitative estimate of drug-likeness (QED) is 0.416. The molecule has 152 valence electrons. The third-order valence-electron chi connectivity index (χ3n) is 4.07. The second-order valence-electron chi connectivity index (χ2n) is 6.12. The minimum atomic E-state index is -1.43. The number of methoxy groups -OCH3 is 1. The lowest BCUT2D eigenvalue weighted by atomic mass is 10.1. The number of carbonyl (C=O) groups excluding carboxylic acids is 2. The molecule has 2 rings (SSSR count). The molecule has 0 aliphatic rings. The summed E-state index contributed by atoms with van der Waals surface area (Å²) < 4.78 is 9.77. The van der Waals surface area contributed by atoms with Crippen molar-refractivity contribution in [3.8, 4) is 11.8 Å². The zero-order valence-corrected chi connectivity index (χ0v) is 15.9. The van der Waals surface area contributed by atoms with E-state index in [4.69, 9.17) is 15.7 Å². The van der Waals surface area contributed by atoms with E-state index in [-0.39, 0.29) is 23.6 Å². The fourth-order valence-corrected chi connectivity index (χ4v) is 2.44. The number of aryl methyl sites for hydroxylation is 1. The number of aromatic nitrogens is 1. The molecule has 1 heterocycles. The van der Waals surface area contributed by atoms with E-state index in [1.54, 1.807) is 12.1 Å².